The molecule has 1 aromatic heterocycles. The monoisotopic (exact) mass is 508 g/mol. The molecule has 3 aromatic rings. The van der Waals surface area contributed by atoms with Crippen LogP contribution in [0.25, 0.3) is 0 Å². The number of carbonyl (C=O) groups excluding carboxylic acids is 1. The molecule has 7 nitrogen and oxygen atoms in total. The first-order chi connectivity index (χ1) is 15.8. The second-order valence-corrected chi connectivity index (χ2v) is 9.42. The number of hydrogen-bond acceptors (Lipinski definition) is 6. The van der Waals surface area contributed by atoms with Crippen molar-refractivity contribution in [2.75, 3.05) is 18.2 Å². The minimum absolute atomic E-state index is 0.140. The lowest BCUT2D eigenvalue weighted by molar-refractivity contribution is -0.113. The zero-order chi connectivity index (χ0) is 24.0. The molecule has 0 aliphatic carbocycles. The third kappa shape index (κ3) is 6.56. The Morgan fingerprint density at radius 1 is 1.09 bits per heavy atom. The second kappa shape index (κ2) is 11.6. The summed E-state index contributed by atoms with van der Waals surface area (Å²) in [6, 6.07) is 12.5. The standard InChI is InChI=1S/C23H26Cl2N4O3S/c1-14(2)12-29-22(15(3)32-19-11-6-5-10-18(19)31-4)27-28-23(29)33-13-20(30)26-17-9-7-8-16(24)21(17)25/h5-11,14-15H,12-13H2,1-4H3,(H,26,30). The molecule has 1 heterocycles. The van der Waals surface area contributed by atoms with E-state index in [1.54, 1.807) is 25.3 Å². The second-order valence-electron chi connectivity index (χ2n) is 7.69. The number of thioether (sulfide) groups is 1. The van der Waals surface area contributed by atoms with E-state index in [4.69, 9.17) is 32.7 Å². The van der Waals surface area contributed by atoms with Crippen LogP contribution in [0.1, 0.15) is 32.7 Å². The lowest BCUT2D eigenvalue weighted by Crippen LogP contribution is -2.17. The van der Waals surface area contributed by atoms with Crippen LogP contribution in [-0.4, -0.2) is 33.5 Å². The van der Waals surface area contributed by atoms with E-state index >= 15 is 0 Å². The lowest BCUT2D eigenvalue weighted by Gasteiger charge is -2.19. The van der Waals surface area contributed by atoms with E-state index in [2.05, 4.69) is 29.4 Å². The van der Waals surface area contributed by atoms with E-state index < -0.39 is 0 Å². The number of amides is 1. The molecule has 3 rings (SSSR count). The minimum atomic E-state index is -0.374. The van der Waals surface area contributed by atoms with E-state index in [1.807, 2.05) is 35.8 Å². The van der Waals surface area contributed by atoms with Crippen LogP contribution in [0.3, 0.4) is 0 Å². The molecule has 1 atom stereocenters. The van der Waals surface area contributed by atoms with Crippen molar-refractivity contribution in [2.45, 2.75) is 38.6 Å². The molecule has 0 aliphatic heterocycles. The summed E-state index contributed by atoms with van der Waals surface area (Å²) in [5.74, 6) is 2.21. The van der Waals surface area contributed by atoms with Crippen molar-refractivity contribution in [3.63, 3.8) is 0 Å². The van der Waals surface area contributed by atoms with Crippen LogP contribution in [0, 0.1) is 5.92 Å². The quantitative estimate of drug-likeness (QED) is 0.332. The van der Waals surface area contributed by atoms with E-state index in [1.165, 1.54) is 11.8 Å². The molecule has 2 aromatic carbocycles. The third-order valence-electron chi connectivity index (χ3n) is 4.59. The van der Waals surface area contributed by atoms with Gasteiger partial charge in [0.15, 0.2) is 28.6 Å². The Kier molecular flexibility index (Phi) is 8.88. The van der Waals surface area contributed by atoms with Gasteiger partial charge in [-0.05, 0) is 37.1 Å². The van der Waals surface area contributed by atoms with Crippen molar-refractivity contribution in [3.05, 3.63) is 58.3 Å². The van der Waals surface area contributed by atoms with Crippen molar-refractivity contribution in [3.8, 4) is 11.5 Å². The average Bonchev–Trinajstić information content (AvgIpc) is 3.17. The zero-order valence-corrected chi connectivity index (χ0v) is 21.2. The Labute approximate surface area is 207 Å². The zero-order valence-electron chi connectivity index (χ0n) is 18.8. The maximum absolute atomic E-state index is 12.5. The molecular formula is C23H26Cl2N4O3S. The van der Waals surface area contributed by atoms with Gasteiger partial charge in [0.2, 0.25) is 5.91 Å². The SMILES string of the molecule is COc1ccccc1OC(C)c1nnc(SCC(=O)Nc2cccc(Cl)c2Cl)n1CC(C)C. The van der Waals surface area contributed by atoms with E-state index in [0.29, 0.717) is 50.7 Å². The Balaban J connectivity index is 1.73. The largest absolute Gasteiger partial charge is 0.493 e. The molecule has 0 radical (unpaired) electrons. The fraction of sp³-hybridized carbons (Fsp3) is 0.348. The summed E-state index contributed by atoms with van der Waals surface area (Å²) in [5.41, 5.74) is 0.470. The van der Waals surface area contributed by atoms with E-state index in [-0.39, 0.29) is 17.8 Å². The Morgan fingerprint density at radius 3 is 2.52 bits per heavy atom. The highest BCUT2D eigenvalue weighted by Gasteiger charge is 2.22. The Bertz CT molecular complexity index is 1110. The summed E-state index contributed by atoms with van der Waals surface area (Å²) >= 11 is 13.5. The topological polar surface area (TPSA) is 78.3 Å². The van der Waals surface area contributed by atoms with Gasteiger partial charge in [-0.15, -0.1) is 10.2 Å². The highest BCUT2D eigenvalue weighted by Crippen LogP contribution is 2.32. The van der Waals surface area contributed by atoms with Crippen LogP contribution < -0.4 is 14.8 Å². The molecule has 0 bridgehead atoms. The summed E-state index contributed by atoms with van der Waals surface area (Å²) in [7, 11) is 1.60. The summed E-state index contributed by atoms with van der Waals surface area (Å²) in [4.78, 5) is 12.5. The minimum Gasteiger partial charge on any atom is -0.493 e. The van der Waals surface area contributed by atoms with Gasteiger partial charge in [0.05, 0.1) is 28.6 Å². The molecule has 0 aliphatic rings. The summed E-state index contributed by atoms with van der Waals surface area (Å²) in [5, 5.41) is 12.8. The van der Waals surface area contributed by atoms with Crippen LogP contribution in [0.4, 0.5) is 5.69 Å². The molecule has 1 amide bonds. The normalized spacial score (nSPS) is 12.0. The van der Waals surface area contributed by atoms with Crippen LogP contribution in [-0.2, 0) is 11.3 Å². The number of aromatic nitrogens is 3. The van der Waals surface area contributed by atoms with Crippen LogP contribution in [0.5, 0.6) is 11.5 Å². The van der Waals surface area contributed by atoms with Gasteiger partial charge in [0, 0.05) is 6.54 Å². The summed E-state index contributed by atoms with van der Waals surface area (Å²) < 4.78 is 13.5. The highest BCUT2D eigenvalue weighted by atomic mass is 35.5. The number of nitrogens with one attached hydrogen (secondary N) is 1. The van der Waals surface area contributed by atoms with Gasteiger partial charge in [0.25, 0.3) is 0 Å². The lowest BCUT2D eigenvalue weighted by atomic mass is 10.2. The van der Waals surface area contributed by atoms with Crippen molar-refractivity contribution in [1.82, 2.24) is 14.8 Å². The first kappa shape index (κ1) is 25.2. The van der Waals surface area contributed by atoms with Gasteiger partial charge in [-0.25, -0.2) is 0 Å². The molecule has 10 heteroatoms. The molecule has 0 saturated carbocycles. The predicted octanol–water partition coefficient (Wildman–Crippen LogP) is 6.12. The number of carbonyl (C=O) groups is 1. The maximum Gasteiger partial charge on any atom is 0.234 e. The van der Waals surface area contributed by atoms with Crippen LogP contribution >= 0.6 is 35.0 Å². The number of methoxy groups -OCH3 is 1. The van der Waals surface area contributed by atoms with Crippen LogP contribution in [0.15, 0.2) is 47.6 Å². The number of benzene rings is 2. The first-order valence-electron chi connectivity index (χ1n) is 10.4. The van der Waals surface area contributed by atoms with E-state index in [9.17, 15) is 4.79 Å². The predicted molar refractivity (Wildman–Crippen MR) is 133 cm³/mol. The van der Waals surface area contributed by atoms with Crippen LogP contribution in [0.2, 0.25) is 10.0 Å². The molecule has 1 N–H and O–H groups in total. The van der Waals surface area contributed by atoms with Gasteiger partial charge in [-0.2, -0.15) is 0 Å². The number of ether oxygens (including phenoxy) is 2. The van der Waals surface area contributed by atoms with Gasteiger partial charge >= 0.3 is 0 Å². The van der Waals surface area contributed by atoms with Gasteiger partial charge < -0.3 is 19.4 Å². The molecule has 1 unspecified atom stereocenters. The molecule has 176 valence electrons. The molecule has 0 saturated heterocycles. The van der Waals surface area contributed by atoms with Gasteiger partial charge in [0.1, 0.15) is 0 Å². The number of anilines is 1. The number of rotatable bonds is 10. The molecular weight excluding hydrogens is 483 g/mol. The fourth-order valence-corrected chi connectivity index (χ4v) is 4.22. The molecule has 0 fully saturated rings. The average molecular weight is 509 g/mol. The number of nitrogens with zero attached hydrogens (tertiary/aromatic N) is 3. The Hall–Kier alpha value is -2.42. The van der Waals surface area contributed by atoms with Crippen molar-refractivity contribution in [2.24, 2.45) is 5.92 Å². The highest BCUT2D eigenvalue weighted by molar-refractivity contribution is 7.99. The number of halogens is 2. The third-order valence-corrected chi connectivity index (χ3v) is 6.37. The first-order valence-corrected chi connectivity index (χ1v) is 12.1. The van der Waals surface area contributed by atoms with Gasteiger partial charge in [-0.3, -0.25) is 4.79 Å². The van der Waals surface area contributed by atoms with Crippen molar-refractivity contribution < 1.29 is 14.3 Å². The fourth-order valence-electron chi connectivity index (χ4n) is 3.12. The number of para-hydroxylation sites is 2. The van der Waals surface area contributed by atoms with Crippen molar-refractivity contribution in [1.29, 1.82) is 0 Å². The summed E-state index contributed by atoms with van der Waals surface area (Å²) in [6.45, 7) is 6.82. The smallest absolute Gasteiger partial charge is 0.234 e. The number of hydrogen-bond donors (Lipinski definition) is 1. The molecule has 0 spiro atoms. The van der Waals surface area contributed by atoms with Crippen molar-refractivity contribution >= 4 is 46.6 Å². The summed E-state index contributed by atoms with van der Waals surface area (Å²) in [6.07, 6.45) is -0.374. The van der Waals surface area contributed by atoms with Gasteiger partial charge in [-0.1, -0.05) is 67.0 Å². The maximum atomic E-state index is 12.5. The Morgan fingerprint density at radius 2 is 1.82 bits per heavy atom. The molecule has 33 heavy (non-hydrogen) atoms. The van der Waals surface area contributed by atoms with E-state index in [0.717, 1.165) is 0 Å².